The number of ether oxygens (including phenoxy) is 3. The lowest BCUT2D eigenvalue weighted by Gasteiger charge is -2.12. The largest absolute Gasteiger partial charge is 0.468 e. The lowest BCUT2D eigenvalue weighted by atomic mass is 10.1. The summed E-state index contributed by atoms with van der Waals surface area (Å²) in [5.41, 5.74) is -0.116. The van der Waals surface area contributed by atoms with Crippen LogP contribution in [0, 0.1) is 11.3 Å². The molecule has 0 amide bonds. The van der Waals surface area contributed by atoms with Crippen molar-refractivity contribution in [2.24, 2.45) is 11.3 Å². The Bertz CT molecular complexity index is 466. The van der Waals surface area contributed by atoms with E-state index in [4.69, 9.17) is 14.2 Å². The van der Waals surface area contributed by atoms with Crippen molar-refractivity contribution >= 4 is 11.9 Å². The topological polar surface area (TPSA) is 61.8 Å². The predicted molar refractivity (Wildman–Crippen MR) is 70.7 cm³/mol. The summed E-state index contributed by atoms with van der Waals surface area (Å²) in [7, 11) is 2.54. The van der Waals surface area contributed by atoms with Gasteiger partial charge in [0.25, 0.3) is 0 Å². The Kier molecular flexibility index (Phi) is 4.39. The van der Waals surface area contributed by atoms with E-state index in [1.54, 1.807) is 0 Å². The van der Waals surface area contributed by atoms with Gasteiger partial charge in [-0.15, -0.1) is 0 Å². The van der Waals surface area contributed by atoms with Crippen molar-refractivity contribution in [2.45, 2.75) is 13.0 Å². The first kappa shape index (κ1) is 14.5. The molecule has 1 fully saturated rings. The highest BCUT2D eigenvalue weighted by Crippen LogP contribution is 2.54. The summed E-state index contributed by atoms with van der Waals surface area (Å²) < 4.78 is 15.0. The van der Waals surface area contributed by atoms with Crippen LogP contribution in [0.15, 0.2) is 30.3 Å². The van der Waals surface area contributed by atoms with E-state index < -0.39 is 17.4 Å². The number of carbonyl (C=O) groups excluding carboxylic acids is 2. The highest BCUT2D eigenvalue weighted by molar-refractivity contribution is 6.03. The molecule has 0 heterocycles. The summed E-state index contributed by atoms with van der Waals surface area (Å²) in [4.78, 5) is 23.5. The summed E-state index contributed by atoms with van der Waals surface area (Å²) in [6.07, 6.45) is 0.418. The van der Waals surface area contributed by atoms with E-state index in [-0.39, 0.29) is 5.92 Å². The molecular formula is C15H18O5. The minimum Gasteiger partial charge on any atom is -0.468 e. The number of hydrogen-bond donors (Lipinski definition) is 0. The summed E-state index contributed by atoms with van der Waals surface area (Å²) >= 11 is 0. The molecule has 108 valence electrons. The number of methoxy groups -OCH3 is 2. The standard InChI is InChI=1S/C15H18O5/c1-18-13(16)15(14(17)19-2)8-12(15)10-20-9-11-6-4-3-5-7-11/h3-7,12H,8-10H2,1-2H3. The van der Waals surface area contributed by atoms with E-state index in [1.807, 2.05) is 30.3 Å². The average Bonchev–Trinajstić information content (AvgIpc) is 3.22. The number of rotatable bonds is 6. The zero-order chi connectivity index (χ0) is 14.6. The fourth-order valence-electron chi connectivity index (χ4n) is 2.37. The highest BCUT2D eigenvalue weighted by Gasteiger charge is 2.67. The van der Waals surface area contributed by atoms with Gasteiger partial charge in [-0.2, -0.15) is 0 Å². The second kappa shape index (κ2) is 6.05. The fourth-order valence-corrected chi connectivity index (χ4v) is 2.37. The molecule has 5 nitrogen and oxygen atoms in total. The van der Waals surface area contributed by atoms with Crippen molar-refractivity contribution < 1.29 is 23.8 Å². The molecule has 1 unspecified atom stereocenters. The molecule has 0 saturated heterocycles. The number of esters is 2. The quantitative estimate of drug-likeness (QED) is 0.583. The van der Waals surface area contributed by atoms with Gasteiger partial charge in [-0.25, -0.2) is 0 Å². The minimum atomic E-state index is -1.17. The van der Waals surface area contributed by atoms with Gasteiger partial charge in [-0.3, -0.25) is 9.59 Å². The van der Waals surface area contributed by atoms with Crippen LogP contribution in [0.2, 0.25) is 0 Å². The third-order valence-electron chi connectivity index (χ3n) is 3.64. The van der Waals surface area contributed by atoms with Gasteiger partial charge in [-0.1, -0.05) is 30.3 Å². The fraction of sp³-hybridized carbons (Fsp3) is 0.467. The van der Waals surface area contributed by atoms with Gasteiger partial charge in [0.05, 0.1) is 27.4 Å². The van der Waals surface area contributed by atoms with Gasteiger partial charge in [0.15, 0.2) is 5.41 Å². The summed E-state index contributed by atoms with van der Waals surface area (Å²) in [5, 5.41) is 0. The molecule has 1 saturated carbocycles. The molecule has 1 aromatic carbocycles. The van der Waals surface area contributed by atoms with Gasteiger partial charge in [0, 0.05) is 5.92 Å². The molecule has 0 N–H and O–H groups in total. The van der Waals surface area contributed by atoms with Crippen molar-refractivity contribution in [3.05, 3.63) is 35.9 Å². The van der Waals surface area contributed by atoms with Crippen molar-refractivity contribution in [3.8, 4) is 0 Å². The Labute approximate surface area is 117 Å². The SMILES string of the molecule is COC(=O)C1(C(=O)OC)CC1COCc1ccccc1. The molecule has 0 spiro atoms. The Hall–Kier alpha value is -1.88. The van der Waals surface area contributed by atoms with Gasteiger partial charge in [0.1, 0.15) is 0 Å². The zero-order valence-electron chi connectivity index (χ0n) is 11.6. The number of carbonyl (C=O) groups is 2. The maximum atomic E-state index is 11.8. The predicted octanol–water partition coefficient (Wildman–Crippen LogP) is 1.56. The molecule has 1 aliphatic rings. The Morgan fingerprint density at radius 2 is 1.75 bits per heavy atom. The molecule has 0 bridgehead atoms. The monoisotopic (exact) mass is 278 g/mol. The van der Waals surface area contributed by atoms with E-state index in [1.165, 1.54) is 14.2 Å². The number of hydrogen-bond acceptors (Lipinski definition) is 5. The summed E-state index contributed by atoms with van der Waals surface area (Å²) in [6.45, 7) is 0.787. The van der Waals surface area contributed by atoms with Crippen LogP contribution >= 0.6 is 0 Å². The minimum absolute atomic E-state index is 0.175. The van der Waals surface area contributed by atoms with E-state index in [9.17, 15) is 9.59 Å². The van der Waals surface area contributed by atoms with Gasteiger partial charge in [-0.05, 0) is 12.0 Å². The molecule has 1 atom stereocenters. The Morgan fingerprint density at radius 1 is 1.15 bits per heavy atom. The van der Waals surface area contributed by atoms with Crippen LogP contribution in [0.3, 0.4) is 0 Å². The van der Waals surface area contributed by atoms with E-state index >= 15 is 0 Å². The smallest absolute Gasteiger partial charge is 0.323 e. The van der Waals surface area contributed by atoms with Crippen molar-refractivity contribution in [3.63, 3.8) is 0 Å². The third-order valence-corrected chi connectivity index (χ3v) is 3.64. The van der Waals surface area contributed by atoms with Crippen LogP contribution in [0.5, 0.6) is 0 Å². The van der Waals surface area contributed by atoms with Gasteiger partial charge < -0.3 is 14.2 Å². The molecule has 2 rings (SSSR count). The normalized spacial score (nSPS) is 19.2. The zero-order valence-corrected chi connectivity index (χ0v) is 11.6. The maximum absolute atomic E-state index is 11.8. The average molecular weight is 278 g/mol. The molecule has 5 heteroatoms. The molecule has 0 aliphatic heterocycles. The third kappa shape index (κ3) is 2.67. The maximum Gasteiger partial charge on any atom is 0.323 e. The first-order valence-electron chi connectivity index (χ1n) is 6.43. The molecular weight excluding hydrogens is 260 g/mol. The number of benzene rings is 1. The van der Waals surface area contributed by atoms with E-state index in [0.717, 1.165) is 5.56 Å². The van der Waals surface area contributed by atoms with Crippen LogP contribution in [0.25, 0.3) is 0 Å². The van der Waals surface area contributed by atoms with Crippen molar-refractivity contribution in [1.29, 1.82) is 0 Å². The van der Waals surface area contributed by atoms with Crippen LogP contribution in [0.1, 0.15) is 12.0 Å². The molecule has 1 aromatic rings. The Balaban J connectivity index is 1.88. The van der Waals surface area contributed by atoms with Crippen LogP contribution in [0.4, 0.5) is 0 Å². The summed E-state index contributed by atoms with van der Waals surface area (Å²) in [6, 6.07) is 9.72. The summed E-state index contributed by atoms with van der Waals surface area (Å²) in [5.74, 6) is -1.26. The van der Waals surface area contributed by atoms with Gasteiger partial charge >= 0.3 is 11.9 Å². The molecule has 1 aliphatic carbocycles. The van der Waals surface area contributed by atoms with Crippen LogP contribution in [-0.4, -0.2) is 32.8 Å². The molecule has 20 heavy (non-hydrogen) atoms. The van der Waals surface area contributed by atoms with Crippen molar-refractivity contribution in [1.82, 2.24) is 0 Å². The highest BCUT2D eigenvalue weighted by atomic mass is 16.5. The van der Waals surface area contributed by atoms with Crippen molar-refractivity contribution in [2.75, 3.05) is 20.8 Å². The first-order chi connectivity index (χ1) is 9.65. The van der Waals surface area contributed by atoms with Crippen LogP contribution < -0.4 is 0 Å². The van der Waals surface area contributed by atoms with E-state index in [0.29, 0.717) is 19.6 Å². The lowest BCUT2D eigenvalue weighted by molar-refractivity contribution is -0.162. The van der Waals surface area contributed by atoms with Crippen LogP contribution in [-0.2, 0) is 30.4 Å². The van der Waals surface area contributed by atoms with E-state index in [2.05, 4.69) is 0 Å². The molecule has 0 aromatic heterocycles. The molecule has 0 radical (unpaired) electrons. The Morgan fingerprint density at radius 3 is 2.30 bits per heavy atom. The second-order valence-electron chi connectivity index (χ2n) is 4.86. The lowest BCUT2D eigenvalue weighted by Crippen LogP contribution is -2.31. The van der Waals surface area contributed by atoms with Gasteiger partial charge in [0.2, 0.25) is 0 Å². The second-order valence-corrected chi connectivity index (χ2v) is 4.86. The first-order valence-corrected chi connectivity index (χ1v) is 6.43.